The molecule has 2 rings (SSSR count). The molecule has 0 aromatic carbocycles. The van der Waals surface area contributed by atoms with Crippen LogP contribution in [0.4, 0.5) is 19.0 Å². The second-order valence-corrected chi connectivity index (χ2v) is 5.14. The number of aromatic nitrogens is 2. The average molecular weight is 374 g/mol. The van der Waals surface area contributed by atoms with Gasteiger partial charge in [-0.25, -0.2) is 4.79 Å². The summed E-state index contributed by atoms with van der Waals surface area (Å²) in [4.78, 5) is 37.7. The molecular formula is C14H13F3N4O5. The highest BCUT2D eigenvalue weighted by atomic mass is 19.4. The maximum Gasteiger partial charge on any atom is 0.471 e. The number of hydrogen-bond donors (Lipinski definition) is 3. The SMILES string of the molecule is Nc1nc(=O)n(C2CC(=O)C(CO)O2)cc1C#CCNC(=O)C(F)(F)F. The summed E-state index contributed by atoms with van der Waals surface area (Å²) in [6.45, 7) is -1.15. The second-order valence-electron chi connectivity index (χ2n) is 5.14. The first kappa shape index (κ1) is 19.4. The van der Waals surface area contributed by atoms with Gasteiger partial charge in [0.15, 0.2) is 5.78 Å². The standard InChI is InChI=1S/C14H13F3N4O5/c15-14(16,17)12(24)19-3-1-2-7-5-21(13(25)20-11(7)18)10-4-8(23)9(6-22)26-10/h5,9-10,22H,3-4,6H2,(H,19,24)(H2,18,20,25). The first-order chi connectivity index (χ1) is 12.1. The van der Waals surface area contributed by atoms with Gasteiger partial charge in [0.25, 0.3) is 0 Å². The molecule has 4 N–H and O–H groups in total. The van der Waals surface area contributed by atoms with Crippen molar-refractivity contribution >= 4 is 17.5 Å². The Labute approximate surface area is 144 Å². The first-order valence-corrected chi connectivity index (χ1v) is 7.15. The number of aliphatic hydroxyl groups is 1. The summed E-state index contributed by atoms with van der Waals surface area (Å²) < 4.78 is 42.3. The minimum atomic E-state index is -5.02. The zero-order chi connectivity index (χ0) is 19.5. The highest BCUT2D eigenvalue weighted by molar-refractivity contribution is 5.85. The van der Waals surface area contributed by atoms with E-state index in [1.807, 2.05) is 0 Å². The third kappa shape index (κ3) is 4.38. The number of anilines is 1. The van der Waals surface area contributed by atoms with Crippen molar-refractivity contribution in [2.45, 2.75) is 24.9 Å². The Morgan fingerprint density at radius 3 is 2.77 bits per heavy atom. The molecule has 1 fully saturated rings. The largest absolute Gasteiger partial charge is 0.471 e. The molecule has 1 aliphatic rings. The van der Waals surface area contributed by atoms with Gasteiger partial charge in [0.2, 0.25) is 0 Å². The van der Waals surface area contributed by atoms with Crippen molar-refractivity contribution in [1.29, 1.82) is 0 Å². The number of ether oxygens (including phenoxy) is 1. The average Bonchev–Trinajstić information content (AvgIpc) is 2.92. The van der Waals surface area contributed by atoms with Crippen LogP contribution in [-0.2, 0) is 14.3 Å². The summed E-state index contributed by atoms with van der Waals surface area (Å²) in [6, 6.07) is 0. The fourth-order valence-corrected chi connectivity index (χ4v) is 2.07. The van der Waals surface area contributed by atoms with E-state index in [-0.39, 0.29) is 17.8 Å². The van der Waals surface area contributed by atoms with E-state index in [0.29, 0.717) is 0 Å². The molecule has 1 amide bonds. The molecule has 140 valence electrons. The van der Waals surface area contributed by atoms with E-state index in [2.05, 4.69) is 16.8 Å². The van der Waals surface area contributed by atoms with Crippen LogP contribution in [0.25, 0.3) is 0 Å². The number of carbonyl (C=O) groups is 2. The number of ketones is 1. The number of halogens is 3. The summed E-state index contributed by atoms with van der Waals surface area (Å²) in [5.74, 6) is 1.81. The number of rotatable bonds is 3. The third-order valence-corrected chi connectivity index (χ3v) is 3.33. The van der Waals surface area contributed by atoms with Gasteiger partial charge in [0.05, 0.1) is 25.1 Å². The van der Waals surface area contributed by atoms with Crippen LogP contribution in [0.15, 0.2) is 11.0 Å². The number of hydrogen-bond acceptors (Lipinski definition) is 7. The Kier molecular flexibility index (Phi) is 5.63. The monoisotopic (exact) mass is 374 g/mol. The molecule has 12 heteroatoms. The van der Waals surface area contributed by atoms with Gasteiger partial charge in [0.1, 0.15) is 18.1 Å². The van der Waals surface area contributed by atoms with Gasteiger partial charge in [-0.05, 0) is 0 Å². The molecule has 0 aliphatic carbocycles. The van der Waals surface area contributed by atoms with Gasteiger partial charge in [-0.3, -0.25) is 14.2 Å². The highest BCUT2D eigenvalue weighted by Gasteiger charge is 2.38. The van der Waals surface area contributed by atoms with Crippen molar-refractivity contribution in [3.8, 4) is 11.8 Å². The van der Waals surface area contributed by atoms with Gasteiger partial charge in [-0.2, -0.15) is 18.2 Å². The Morgan fingerprint density at radius 1 is 1.50 bits per heavy atom. The maximum absolute atomic E-state index is 12.0. The number of aliphatic hydroxyl groups excluding tert-OH is 1. The number of carbonyl (C=O) groups excluding carboxylic acids is 2. The molecule has 2 heterocycles. The lowest BCUT2D eigenvalue weighted by atomic mass is 10.2. The molecule has 0 bridgehead atoms. The lowest BCUT2D eigenvalue weighted by Crippen LogP contribution is -2.36. The van der Waals surface area contributed by atoms with Crippen LogP contribution in [0.1, 0.15) is 18.2 Å². The smallest absolute Gasteiger partial charge is 0.393 e. The summed E-state index contributed by atoms with van der Waals surface area (Å²) in [5.41, 5.74) is 4.71. The maximum atomic E-state index is 12.0. The van der Waals surface area contributed by atoms with Gasteiger partial charge in [-0.1, -0.05) is 11.8 Å². The van der Waals surface area contributed by atoms with Crippen molar-refractivity contribution in [3.05, 3.63) is 22.2 Å². The van der Waals surface area contributed by atoms with Crippen molar-refractivity contribution in [1.82, 2.24) is 14.9 Å². The molecule has 0 radical (unpaired) electrons. The number of nitrogen functional groups attached to an aromatic ring is 1. The van der Waals surface area contributed by atoms with Crippen molar-refractivity contribution in [3.63, 3.8) is 0 Å². The number of nitrogens with two attached hydrogens (primary N) is 1. The Balaban J connectivity index is 2.16. The lowest BCUT2D eigenvalue weighted by molar-refractivity contribution is -0.173. The predicted octanol–water partition coefficient (Wildman–Crippen LogP) is -1.30. The molecule has 0 spiro atoms. The minimum absolute atomic E-state index is 0.00523. The summed E-state index contributed by atoms with van der Waals surface area (Å²) in [7, 11) is 0. The van der Waals surface area contributed by atoms with E-state index in [1.165, 1.54) is 0 Å². The quantitative estimate of drug-likeness (QED) is 0.560. The molecule has 1 aliphatic heterocycles. The second kappa shape index (κ2) is 7.54. The molecule has 26 heavy (non-hydrogen) atoms. The van der Waals surface area contributed by atoms with Crippen molar-refractivity contribution in [2.24, 2.45) is 0 Å². The molecular weight excluding hydrogens is 361 g/mol. The molecule has 1 aromatic rings. The van der Waals surface area contributed by atoms with Crippen LogP contribution in [0.3, 0.4) is 0 Å². The Bertz CT molecular complexity index is 840. The normalized spacial score (nSPS) is 19.8. The fraction of sp³-hybridized carbons (Fsp3) is 0.429. The van der Waals surface area contributed by atoms with Crippen molar-refractivity contribution < 1.29 is 32.6 Å². The zero-order valence-corrected chi connectivity index (χ0v) is 13.0. The van der Waals surface area contributed by atoms with Crippen LogP contribution in [-0.4, -0.2) is 51.8 Å². The molecule has 0 saturated carbocycles. The summed E-state index contributed by atoms with van der Waals surface area (Å²) in [6.07, 6.45) is -6.13. The van der Waals surface area contributed by atoms with Gasteiger partial charge in [-0.15, -0.1) is 0 Å². The van der Waals surface area contributed by atoms with Crippen LogP contribution in [0.2, 0.25) is 0 Å². The molecule has 2 atom stereocenters. The summed E-state index contributed by atoms with van der Waals surface area (Å²) in [5, 5.41) is 10.6. The third-order valence-electron chi connectivity index (χ3n) is 3.33. The molecule has 9 nitrogen and oxygen atoms in total. The van der Waals surface area contributed by atoms with E-state index in [4.69, 9.17) is 15.6 Å². The topological polar surface area (TPSA) is 137 Å². The van der Waals surface area contributed by atoms with Gasteiger partial charge < -0.3 is 20.9 Å². The van der Waals surface area contributed by atoms with Crippen LogP contribution in [0.5, 0.6) is 0 Å². The Morgan fingerprint density at radius 2 is 2.19 bits per heavy atom. The number of nitrogens with zero attached hydrogens (tertiary/aromatic N) is 2. The van der Waals surface area contributed by atoms with Gasteiger partial charge in [0, 0.05) is 6.20 Å². The first-order valence-electron chi connectivity index (χ1n) is 7.15. The summed E-state index contributed by atoms with van der Waals surface area (Å²) >= 11 is 0. The number of nitrogens with one attached hydrogen (secondary N) is 1. The molecule has 1 aromatic heterocycles. The molecule has 2 unspecified atom stereocenters. The number of Topliss-reactive ketones (excluding diaryl/α,β-unsaturated/α-hetero) is 1. The fourth-order valence-electron chi connectivity index (χ4n) is 2.07. The van der Waals surface area contributed by atoms with E-state index in [1.54, 1.807) is 5.32 Å². The minimum Gasteiger partial charge on any atom is -0.393 e. The van der Waals surface area contributed by atoms with E-state index < -0.39 is 49.0 Å². The van der Waals surface area contributed by atoms with E-state index in [9.17, 15) is 27.6 Å². The Hall–Kier alpha value is -2.91. The van der Waals surface area contributed by atoms with Crippen LogP contribution in [0, 0.1) is 11.8 Å². The zero-order valence-electron chi connectivity index (χ0n) is 13.0. The van der Waals surface area contributed by atoms with Crippen molar-refractivity contribution in [2.75, 3.05) is 18.9 Å². The van der Waals surface area contributed by atoms with Crippen LogP contribution >= 0.6 is 0 Å². The van der Waals surface area contributed by atoms with E-state index in [0.717, 1.165) is 10.8 Å². The predicted molar refractivity (Wildman–Crippen MR) is 79.5 cm³/mol. The number of amides is 1. The van der Waals surface area contributed by atoms with Gasteiger partial charge >= 0.3 is 17.8 Å². The van der Waals surface area contributed by atoms with Crippen LogP contribution < -0.4 is 16.7 Å². The number of alkyl halides is 3. The highest BCUT2D eigenvalue weighted by Crippen LogP contribution is 2.24. The van der Waals surface area contributed by atoms with E-state index >= 15 is 0 Å². The lowest BCUT2D eigenvalue weighted by Gasteiger charge is -2.14. The molecule has 1 saturated heterocycles.